The number of nitrogens with zero attached hydrogens (tertiary/aromatic N) is 1. The summed E-state index contributed by atoms with van der Waals surface area (Å²) in [5.41, 5.74) is -2.30. The number of hydrogen-bond acceptors (Lipinski definition) is 5. The zero-order valence-electron chi connectivity index (χ0n) is 21.4. The lowest BCUT2D eigenvalue weighted by Gasteiger charge is -2.40. The maximum Gasteiger partial charge on any atom is 0.246 e. The van der Waals surface area contributed by atoms with Crippen molar-refractivity contribution < 1.29 is 24.2 Å². The van der Waals surface area contributed by atoms with Gasteiger partial charge in [-0.05, 0) is 52.4 Å². The summed E-state index contributed by atoms with van der Waals surface area (Å²) in [6.45, 7) is 14.0. The van der Waals surface area contributed by atoms with Crippen molar-refractivity contribution in [1.82, 2.24) is 15.5 Å². The van der Waals surface area contributed by atoms with Crippen LogP contribution in [-0.2, 0) is 19.1 Å². The Bertz CT molecular complexity index is 780. The van der Waals surface area contributed by atoms with Gasteiger partial charge in [-0.3, -0.25) is 14.4 Å². The van der Waals surface area contributed by atoms with Crippen molar-refractivity contribution in [3.8, 4) is 0 Å². The van der Waals surface area contributed by atoms with Crippen LogP contribution >= 0.6 is 0 Å². The second kappa shape index (κ2) is 9.17. The topological polar surface area (TPSA) is 108 Å². The molecule has 0 aromatic rings. The number of rotatable bonds is 9. The lowest BCUT2D eigenvalue weighted by Crippen LogP contribution is -2.61. The molecule has 0 aliphatic carbocycles. The molecule has 3 amide bonds. The average Bonchev–Trinajstić information content (AvgIpc) is 3.35. The highest BCUT2D eigenvalue weighted by Crippen LogP contribution is 2.64. The molecule has 33 heavy (non-hydrogen) atoms. The first kappa shape index (κ1) is 25.9. The van der Waals surface area contributed by atoms with Crippen LogP contribution in [0.1, 0.15) is 80.6 Å². The van der Waals surface area contributed by atoms with Gasteiger partial charge in [0, 0.05) is 12.1 Å². The molecule has 8 heteroatoms. The molecule has 0 radical (unpaired) electrons. The lowest BCUT2D eigenvalue weighted by molar-refractivity contribution is -0.153. The van der Waals surface area contributed by atoms with Gasteiger partial charge >= 0.3 is 0 Å². The third kappa shape index (κ3) is 4.07. The van der Waals surface area contributed by atoms with Crippen molar-refractivity contribution in [3.05, 3.63) is 0 Å². The number of carbonyl (C=O) groups excluding carboxylic acids is 3. The average molecular weight is 466 g/mol. The summed E-state index contributed by atoms with van der Waals surface area (Å²) in [7, 11) is 0. The van der Waals surface area contributed by atoms with Gasteiger partial charge in [0.15, 0.2) is 0 Å². The van der Waals surface area contributed by atoms with Crippen LogP contribution < -0.4 is 10.6 Å². The number of aliphatic hydroxyl groups is 1. The molecule has 2 bridgehead atoms. The van der Waals surface area contributed by atoms with E-state index in [9.17, 15) is 19.5 Å². The summed E-state index contributed by atoms with van der Waals surface area (Å²) >= 11 is 0. The van der Waals surface area contributed by atoms with Gasteiger partial charge < -0.3 is 25.4 Å². The molecule has 0 aromatic carbocycles. The molecule has 0 saturated carbocycles. The Morgan fingerprint density at radius 1 is 1.21 bits per heavy atom. The van der Waals surface area contributed by atoms with E-state index in [0.29, 0.717) is 25.8 Å². The van der Waals surface area contributed by atoms with Gasteiger partial charge in [0.25, 0.3) is 0 Å². The first-order valence-corrected chi connectivity index (χ1v) is 12.7. The van der Waals surface area contributed by atoms with Gasteiger partial charge in [-0.15, -0.1) is 0 Å². The third-order valence-corrected chi connectivity index (χ3v) is 8.04. The van der Waals surface area contributed by atoms with E-state index >= 15 is 0 Å². The molecule has 0 aromatic heterocycles. The Hall–Kier alpha value is -1.67. The predicted octanol–water partition coefficient (Wildman–Crippen LogP) is 1.99. The van der Waals surface area contributed by atoms with Gasteiger partial charge in [-0.1, -0.05) is 34.1 Å². The number of aliphatic hydroxyl groups excluding tert-OH is 1. The Kier molecular flexibility index (Phi) is 7.21. The summed E-state index contributed by atoms with van der Waals surface area (Å²) in [5.74, 6) is -2.06. The van der Waals surface area contributed by atoms with E-state index in [2.05, 4.69) is 10.6 Å². The molecule has 8 nitrogen and oxygen atoms in total. The van der Waals surface area contributed by atoms with Crippen molar-refractivity contribution in [2.75, 3.05) is 13.2 Å². The molecule has 2 unspecified atom stereocenters. The van der Waals surface area contributed by atoms with Crippen molar-refractivity contribution in [2.24, 2.45) is 17.8 Å². The second-order valence-corrected chi connectivity index (χ2v) is 11.2. The Morgan fingerprint density at radius 2 is 1.88 bits per heavy atom. The quantitative estimate of drug-likeness (QED) is 0.483. The van der Waals surface area contributed by atoms with Crippen LogP contribution in [0.5, 0.6) is 0 Å². The molecular weight excluding hydrogens is 422 g/mol. The van der Waals surface area contributed by atoms with E-state index in [-0.39, 0.29) is 30.2 Å². The third-order valence-electron chi connectivity index (χ3n) is 8.04. The first-order valence-electron chi connectivity index (χ1n) is 12.7. The maximum absolute atomic E-state index is 14.1. The summed E-state index contributed by atoms with van der Waals surface area (Å²) in [6.07, 6.45) is 3.33. The van der Waals surface area contributed by atoms with Crippen LogP contribution in [0.2, 0.25) is 0 Å². The van der Waals surface area contributed by atoms with Gasteiger partial charge in [0.1, 0.15) is 11.6 Å². The molecule has 1 spiro atoms. The molecule has 3 heterocycles. The summed E-state index contributed by atoms with van der Waals surface area (Å²) in [5, 5.41) is 16.3. The summed E-state index contributed by atoms with van der Waals surface area (Å²) < 4.78 is 6.73. The van der Waals surface area contributed by atoms with E-state index in [1.165, 1.54) is 0 Å². The minimum atomic E-state index is -1.06. The maximum atomic E-state index is 14.1. The molecule has 3 rings (SSSR count). The highest BCUT2D eigenvalue weighted by Gasteiger charge is 2.79. The van der Waals surface area contributed by atoms with Gasteiger partial charge in [-0.2, -0.15) is 0 Å². The second-order valence-electron chi connectivity index (χ2n) is 11.2. The van der Waals surface area contributed by atoms with Gasteiger partial charge in [0.2, 0.25) is 17.7 Å². The Labute approximate surface area is 198 Å². The van der Waals surface area contributed by atoms with Gasteiger partial charge in [-0.25, -0.2) is 0 Å². The first-order chi connectivity index (χ1) is 15.4. The molecule has 3 aliphatic rings. The molecule has 3 fully saturated rings. The molecule has 7 atom stereocenters. The Morgan fingerprint density at radius 3 is 2.39 bits per heavy atom. The number of likely N-dealkylation sites (tertiary alicyclic amines) is 1. The Balaban J connectivity index is 2.13. The minimum absolute atomic E-state index is 0.0104. The molecule has 3 saturated heterocycles. The number of fused-ring (bicyclic) bond motifs is 1. The minimum Gasteiger partial charge on any atom is -0.394 e. The van der Waals surface area contributed by atoms with E-state index < -0.39 is 40.7 Å². The zero-order chi connectivity index (χ0) is 24.8. The summed E-state index contributed by atoms with van der Waals surface area (Å²) in [6, 6.07) is -1.39. The smallest absolute Gasteiger partial charge is 0.246 e. The number of ether oxygens (including phenoxy) is 1. The van der Waals surface area contributed by atoms with Crippen LogP contribution in [0, 0.1) is 17.8 Å². The van der Waals surface area contributed by atoms with E-state index in [4.69, 9.17) is 4.74 Å². The molecule has 188 valence electrons. The van der Waals surface area contributed by atoms with Crippen molar-refractivity contribution in [2.45, 2.75) is 109 Å². The fourth-order valence-corrected chi connectivity index (χ4v) is 6.32. The number of carbonyl (C=O) groups is 3. The van der Waals surface area contributed by atoms with Crippen molar-refractivity contribution >= 4 is 17.7 Å². The van der Waals surface area contributed by atoms with Crippen LogP contribution in [0.25, 0.3) is 0 Å². The fourth-order valence-electron chi connectivity index (χ4n) is 6.32. The van der Waals surface area contributed by atoms with Crippen LogP contribution in [0.4, 0.5) is 0 Å². The lowest BCUT2D eigenvalue weighted by atomic mass is 9.65. The largest absolute Gasteiger partial charge is 0.394 e. The molecular formula is C25H43N3O5. The van der Waals surface area contributed by atoms with Crippen LogP contribution in [-0.4, -0.2) is 69.7 Å². The standard InChI is InChI=1S/C25H43N3O5/c1-8-13-26-20(30)17-18-22(32)28(16(14-29)15(4)9-2)19(21(31)27-23(5,6)7)25(18)12-11-24(17,10-3)33-25/h15-19,29H,8-14H2,1-7H3,(H,26,30)(H,27,31)/t15-,16-,17+,18-,19?,24-,25?/m0/s1. The van der Waals surface area contributed by atoms with Gasteiger partial charge in [0.05, 0.1) is 30.1 Å². The van der Waals surface area contributed by atoms with Crippen molar-refractivity contribution in [3.63, 3.8) is 0 Å². The van der Waals surface area contributed by atoms with Crippen LogP contribution in [0.15, 0.2) is 0 Å². The molecule has 3 aliphatic heterocycles. The fraction of sp³-hybridized carbons (Fsp3) is 0.880. The predicted molar refractivity (Wildman–Crippen MR) is 125 cm³/mol. The summed E-state index contributed by atoms with van der Waals surface area (Å²) in [4.78, 5) is 42.8. The molecule has 3 N–H and O–H groups in total. The van der Waals surface area contributed by atoms with E-state index in [1.807, 2.05) is 48.5 Å². The van der Waals surface area contributed by atoms with E-state index in [0.717, 1.165) is 12.8 Å². The monoisotopic (exact) mass is 465 g/mol. The number of amides is 3. The van der Waals surface area contributed by atoms with E-state index in [1.54, 1.807) is 4.90 Å². The number of nitrogens with one attached hydrogen (secondary N) is 2. The zero-order valence-corrected chi connectivity index (χ0v) is 21.4. The SMILES string of the molecule is CCCNC(=O)[C@H]1[C@H]2C(=O)N([C@@H](CO)[C@@H](C)CC)C(C(=O)NC(C)(C)C)C23CC[C@]1(CC)O3. The van der Waals surface area contributed by atoms with Crippen molar-refractivity contribution in [1.29, 1.82) is 0 Å². The van der Waals surface area contributed by atoms with Crippen LogP contribution in [0.3, 0.4) is 0 Å². The number of hydrogen-bond donors (Lipinski definition) is 3. The highest BCUT2D eigenvalue weighted by molar-refractivity contribution is 5.99. The highest BCUT2D eigenvalue weighted by atomic mass is 16.5. The normalized spacial score (nSPS) is 34.8.